The Labute approximate surface area is 101 Å². The van der Waals surface area contributed by atoms with Crippen molar-refractivity contribution in [3.63, 3.8) is 0 Å². The summed E-state index contributed by atoms with van der Waals surface area (Å²) in [4.78, 5) is 0. The van der Waals surface area contributed by atoms with Gasteiger partial charge in [-0.05, 0) is 51.0 Å². The molecule has 0 spiro atoms. The molecule has 0 aliphatic rings. The number of benzene rings is 1. The molecule has 0 aliphatic carbocycles. The van der Waals surface area contributed by atoms with Gasteiger partial charge in [0.1, 0.15) is 5.69 Å². The van der Waals surface area contributed by atoms with Crippen molar-refractivity contribution in [1.82, 2.24) is 15.0 Å². The van der Waals surface area contributed by atoms with Crippen LogP contribution in [0.15, 0.2) is 18.2 Å². The number of aryl methyl sites for hydroxylation is 2. The van der Waals surface area contributed by atoms with Crippen LogP contribution in [0.25, 0.3) is 5.69 Å². The third-order valence-electron chi connectivity index (χ3n) is 2.81. The molecular formula is C13H18N4. The van der Waals surface area contributed by atoms with Crippen molar-refractivity contribution in [2.24, 2.45) is 5.73 Å². The van der Waals surface area contributed by atoms with Crippen molar-refractivity contribution in [2.45, 2.75) is 33.7 Å². The Hall–Kier alpha value is -1.68. The molecule has 1 unspecified atom stereocenters. The predicted octanol–water partition coefficient (Wildman–Crippen LogP) is 2.21. The second kappa shape index (κ2) is 4.30. The Balaban J connectivity index is 2.53. The molecule has 1 aromatic carbocycles. The van der Waals surface area contributed by atoms with Crippen molar-refractivity contribution < 1.29 is 0 Å². The first kappa shape index (κ1) is 11.8. The third-order valence-corrected chi connectivity index (χ3v) is 2.81. The summed E-state index contributed by atoms with van der Waals surface area (Å²) in [6.45, 7) is 8.07. The van der Waals surface area contributed by atoms with E-state index in [1.165, 1.54) is 11.1 Å². The zero-order valence-corrected chi connectivity index (χ0v) is 10.7. The van der Waals surface area contributed by atoms with Crippen molar-refractivity contribution in [3.05, 3.63) is 40.7 Å². The van der Waals surface area contributed by atoms with Crippen molar-refractivity contribution in [1.29, 1.82) is 0 Å². The van der Waals surface area contributed by atoms with Crippen LogP contribution >= 0.6 is 0 Å². The first-order valence-corrected chi connectivity index (χ1v) is 5.75. The molecule has 0 amide bonds. The molecule has 2 aromatic rings. The fraction of sp³-hybridized carbons (Fsp3) is 0.385. The molecule has 4 nitrogen and oxygen atoms in total. The van der Waals surface area contributed by atoms with Gasteiger partial charge in [0.05, 0.1) is 11.4 Å². The number of nitrogens with zero attached hydrogens (tertiary/aromatic N) is 3. The first-order chi connectivity index (χ1) is 7.99. The Bertz CT molecular complexity index is 520. The van der Waals surface area contributed by atoms with Gasteiger partial charge in [-0.1, -0.05) is 11.3 Å². The van der Waals surface area contributed by atoms with E-state index in [0.717, 1.165) is 17.1 Å². The predicted molar refractivity (Wildman–Crippen MR) is 68.2 cm³/mol. The van der Waals surface area contributed by atoms with Crippen LogP contribution in [-0.2, 0) is 0 Å². The molecule has 0 saturated carbocycles. The standard InChI is InChI=1S/C13H18N4/c1-8-5-9(2)7-12(6-8)17-11(4)13(10(3)14)15-16-17/h5-7,10H,14H2,1-4H3. The average molecular weight is 230 g/mol. The lowest BCUT2D eigenvalue weighted by atomic mass is 10.1. The van der Waals surface area contributed by atoms with E-state index < -0.39 is 0 Å². The van der Waals surface area contributed by atoms with Gasteiger partial charge >= 0.3 is 0 Å². The SMILES string of the molecule is Cc1cc(C)cc(-n2nnc(C(C)N)c2C)c1. The minimum atomic E-state index is -0.0883. The van der Waals surface area contributed by atoms with E-state index in [0.29, 0.717) is 0 Å². The summed E-state index contributed by atoms with van der Waals surface area (Å²) in [7, 11) is 0. The number of aromatic nitrogens is 3. The van der Waals surface area contributed by atoms with Gasteiger partial charge in [-0.15, -0.1) is 5.10 Å². The van der Waals surface area contributed by atoms with Gasteiger partial charge in [0.25, 0.3) is 0 Å². The molecule has 2 N–H and O–H groups in total. The molecule has 1 atom stereocenters. The lowest BCUT2D eigenvalue weighted by molar-refractivity contribution is 0.756. The van der Waals surface area contributed by atoms with E-state index in [2.05, 4.69) is 42.4 Å². The second-order valence-corrected chi connectivity index (χ2v) is 4.61. The summed E-state index contributed by atoms with van der Waals surface area (Å²) in [5.41, 5.74) is 11.2. The Morgan fingerprint density at radius 1 is 1.12 bits per heavy atom. The van der Waals surface area contributed by atoms with Gasteiger partial charge in [0, 0.05) is 6.04 Å². The number of hydrogen-bond acceptors (Lipinski definition) is 3. The highest BCUT2D eigenvalue weighted by Gasteiger charge is 2.13. The molecule has 17 heavy (non-hydrogen) atoms. The monoisotopic (exact) mass is 230 g/mol. The largest absolute Gasteiger partial charge is 0.323 e. The summed E-state index contributed by atoms with van der Waals surface area (Å²) in [5, 5.41) is 8.32. The van der Waals surface area contributed by atoms with Gasteiger partial charge in [-0.3, -0.25) is 0 Å². The zero-order chi connectivity index (χ0) is 12.6. The highest BCUT2D eigenvalue weighted by molar-refractivity contribution is 5.40. The topological polar surface area (TPSA) is 56.7 Å². The van der Waals surface area contributed by atoms with Gasteiger partial charge < -0.3 is 5.73 Å². The number of nitrogens with two attached hydrogens (primary N) is 1. The molecule has 2 rings (SSSR count). The minimum absolute atomic E-state index is 0.0883. The Kier molecular flexibility index (Phi) is 2.98. The number of hydrogen-bond donors (Lipinski definition) is 1. The summed E-state index contributed by atoms with van der Waals surface area (Å²) in [5.74, 6) is 0. The summed E-state index contributed by atoms with van der Waals surface area (Å²) < 4.78 is 1.85. The highest BCUT2D eigenvalue weighted by atomic mass is 15.4. The number of rotatable bonds is 2. The molecule has 1 aromatic heterocycles. The minimum Gasteiger partial charge on any atom is -0.323 e. The normalized spacial score (nSPS) is 12.8. The molecule has 0 fully saturated rings. The van der Waals surface area contributed by atoms with Crippen LogP contribution in [0.3, 0.4) is 0 Å². The first-order valence-electron chi connectivity index (χ1n) is 5.75. The average Bonchev–Trinajstić information content (AvgIpc) is 2.58. The summed E-state index contributed by atoms with van der Waals surface area (Å²) in [6, 6.07) is 6.25. The molecule has 1 heterocycles. The fourth-order valence-corrected chi connectivity index (χ4v) is 2.08. The van der Waals surface area contributed by atoms with Crippen LogP contribution in [0.5, 0.6) is 0 Å². The van der Waals surface area contributed by atoms with Crippen LogP contribution in [0.2, 0.25) is 0 Å². The quantitative estimate of drug-likeness (QED) is 0.860. The molecule has 0 aliphatic heterocycles. The summed E-state index contributed by atoms with van der Waals surface area (Å²) >= 11 is 0. The van der Waals surface area contributed by atoms with E-state index >= 15 is 0 Å². The smallest absolute Gasteiger partial charge is 0.102 e. The van der Waals surface area contributed by atoms with Crippen LogP contribution < -0.4 is 5.73 Å². The molecular weight excluding hydrogens is 212 g/mol. The Morgan fingerprint density at radius 2 is 1.71 bits per heavy atom. The second-order valence-electron chi connectivity index (χ2n) is 4.61. The molecule has 4 heteroatoms. The maximum absolute atomic E-state index is 5.85. The van der Waals surface area contributed by atoms with Crippen LogP contribution in [0.1, 0.15) is 35.5 Å². The van der Waals surface area contributed by atoms with Crippen molar-refractivity contribution >= 4 is 0 Å². The van der Waals surface area contributed by atoms with Gasteiger partial charge in [-0.25, -0.2) is 4.68 Å². The maximum Gasteiger partial charge on any atom is 0.102 e. The van der Waals surface area contributed by atoms with E-state index in [1.807, 2.05) is 18.5 Å². The van der Waals surface area contributed by atoms with E-state index in [4.69, 9.17) is 5.73 Å². The molecule has 0 saturated heterocycles. The third kappa shape index (κ3) is 2.22. The van der Waals surface area contributed by atoms with Crippen molar-refractivity contribution in [2.75, 3.05) is 0 Å². The highest BCUT2D eigenvalue weighted by Crippen LogP contribution is 2.18. The van der Waals surface area contributed by atoms with Crippen molar-refractivity contribution in [3.8, 4) is 5.69 Å². The lowest BCUT2D eigenvalue weighted by Gasteiger charge is -2.07. The van der Waals surface area contributed by atoms with Gasteiger partial charge in [0.15, 0.2) is 0 Å². The maximum atomic E-state index is 5.85. The summed E-state index contributed by atoms with van der Waals surface area (Å²) in [6.07, 6.45) is 0. The lowest BCUT2D eigenvalue weighted by Crippen LogP contribution is -2.08. The Morgan fingerprint density at radius 3 is 2.18 bits per heavy atom. The van der Waals surface area contributed by atoms with E-state index in [9.17, 15) is 0 Å². The zero-order valence-electron chi connectivity index (χ0n) is 10.7. The van der Waals surface area contributed by atoms with Crippen LogP contribution in [-0.4, -0.2) is 15.0 Å². The molecule has 0 radical (unpaired) electrons. The van der Waals surface area contributed by atoms with Crippen LogP contribution in [0.4, 0.5) is 0 Å². The van der Waals surface area contributed by atoms with Crippen LogP contribution in [0, 0.1) is 20.8 Å². The molecule has 90 valence electrons. The van der Waals surface area contributed by atoms with E-state index in [1.54, 1.807) is 0 Å². The van der Waals surface area contributed by atoms with Gasteiger partial charge in [-0.2, -0.15) is 0 Å². The van der Waals surface area contributed by atoms with E-state index in [-0.39, 0.29) is 6.04 Å². The van der Waals surface area contributed by atoms with Gasteiger partial charge in [0.2, 0.25) is 0 Å². The molecule has 0 bridgehead atoms. The fourth-order valence-electron chi connectivity index (χ4n) is 2.08.